The molecule has 0 saturated carbocycles. The summed E-state index contributed by atoms with van der Waals surface area (Å²) in [4.78, 5) is 14.6. The average Bonchev–Trinajstić information content (AvgIpc) is 2.63. The molecule has 2 bridgehead atoms. The molecule has 3 aliphatic heterocycles. The van der Waals surface area contributed by atoms with Crippen LogP contribution in [0.1, 0.15) is 23.6 Å². The number of hydrogen-bond donors (Lipinski definition) is 0. The molecule has 5 rings (SSSR count). The number of fused-ring (bicyclic) bond motifs is 5. The maximum atomic E-state index is 12.1. The molecule has 2 aromatic rings. The van der Waals surface area contributed by atoms with Gasteiger partial charge < -0.3 is 14.0 Å². The lowest BCUT2D eigenvalue weighted by Gasteiger charge is -2.42. The Balaban J connectivity index is 1.36. The van der Waals surface area contributed by atoms with E-state index in [-0.39, 0.29) is 5.56 Å². The van der Waals surface area contributed by atoms with Crippen LogP contribution in [0.25, 0.3) is 0 Å². The van der Waals surface area contributed by atoms with Gasteiger partial charge in [0, 0.05) is 43.9 Å². The van der Waals surface area contributed by atoms with Crippen molar-refractivity contribution in [1.29, 1.82) is 0 Å². The number of rotatable bonds is 2. The minimum absolute atomic E-state index is 0.146. The number of pyridine rings is 1. The van der Waals surface area contributed by atoms with Crippen molar-refractivity contribution in [1.82, 2.24) is 9.47 Å². The molecule has 4 heterocycles. The van der Waals surface area contributed by atoms with Crippen molar-refractivity contribution in [3.63, 3.8) is 0 Å². The van der Waals surface area contributed by atoms with E-state index < -0.39 is 0 Å². The minimum atomic E-state index is 0.146. The maximum Gasteiger partial charge on any atom is 0.250 e. The average molecular weight is 338 g/mol. The first-order valence-corrected chi connectivity index (χ1v) is 9.07. The van der Waals surface area contributed by atoms with Gasteiger partial charge in [0.1, 0.15) is 13.2 Å². The van der Waals surface area contributed by atoms with E-state index in [0.29, 0.717) is 25.0 Å². The van der Waals surface area contributed by atoms with Gasteiger partial charge in [0.15, 0.2) is 11.5 Å². The molecular weight excluding hydrogens is 316 g/mol. The smallest absolute Gasteiger partial charge is 0.250 e. The third kappa shape index (κ3) is 2.72. The largest absolute Gasteiger partial charge is 0.486 e. The van der Waals surface area contributed by atoms with Crippen LogP contribution in [-0.2, 0) is 13.1 Å². The second-order valence-corrected chi connectivity index (χ2v) is 7.37. The zero-order valence-electron chi connectivity index (χ0n) is 14.2. The molecule has 1 fully saturated rings. The van der Waals surface area contributed by atoms with Crippen LogP contribution in [0.3, 0.4) is 0 Å². The molecule has 1 saturated heterocycles. The quantitative estimate of drug-likeness (QED) is 0.842. The Morgan fingerprint density at radius 3 is 2.80 bits per heavy atom. The van der Waals surface area contributed by atoms with Crippen LogP contribution in [-0.4, -0.2) is 35.8 Å². The van der Waals surface area contributed by atoms with Crippen LogP contribution < -0.4 is 15.0 Å². The van der Waals surface area contributed by atoms with Crippen LogP contribution in [0.5, 0.6) is 11.5 Å². The van der Waals surface area contributed by atoms with E-state index in [1.54, 1.807) is 6.07 Å². The van der Waals surface area contributed by atoms with Gasteiger partial charge in [-0.3, -0.25) is 9.69 Å². The predicted molar refractivity (Wildman–Crippen MR) is 94.3 cm³/mol. The fourth-order valence-corrected chi connectivity index (χ4v) is 4.57. The fraction of sp³-hybridized carbons (Fsp3) is 0.450. The lowest BCUT2D eigenvalue weighted by molar-refractivity contribution is 0.114. The van der Waals surface area contributed by atoms with E-state index in [2.05, 4.69) is 23.1 Å². The highest BCUT2D eigenvalue weighted by molar-refractivity contribution is 5.43. The molecule has 0 N–H and O–H groups in total. The molecular formula is C20H22N2O3. The number of ether oxygens (including phenoxy) is 2. The highest BCUT2D eigenvalue weighted by atomic mass is 16.6. The Bertz CT molecular complexity index is 860. The first kappa shape index (κ1) is 15.0. The van der Waals surface area contributed by atoms with E-state index >= 15 is 0 Å². The molecule has 130 valence electrons. The van der Waals surface area contributed by atoms with Gasteiger partial charge in [0.25, 0.3) is 5.56 Å². The Kier molecular flexibility index (Phi) is 3.55. The summed E-state index contributed by atoms with van der Waals surface area (Å²) in [6.07, 6.45) is 1.20. The second kappa shape index (κ2) is 5.92. The highest BCUT2D eigenvalue weighted by Gasteiger charge is 2.34. The third-order valence-corrected chi connectivity index (χ3v) is 5.57. The Morgan fingerprint density at radius 1 is 1.00 bits per heavy atom. The van der Waals surface area contributed by atoms with E-state index in [1.807, 2.05) is 16.7 Å². The zero-order valence-corrected chi connectivity index (χ0v) is 14.2. The first-order chi connectivity index (χ1) is 12.3. The second-order valence-electron chi connectivity index (χ2n) is 7.37. The normalized spacial score (nSPS) is 24.6. The van der Waals surface area contributed by atoms with Gasteiger partial charge in [0.05, 0.1) is 0 Å². The molecule has 1 aromatic heterocycles. The lowest BCUT2D eigenvalue weighted by atomic mass is 9.83. The Hall–Kier alpha value is -2.27. The number of hydrogen-bond acceptors (Lipinski definition) is 4. The molecule has 0 radical (unpaired) electrons. The first-order valence-electron chi connectivity index (χ1n) is 9.07. The standard InChI is InChI=1S/C20H22N2O3/c23-20-3-1-2-17-16-8-15(12-22(17)20)11-21(13-16)10-14-4-5-18-19(9-14)25-7-6-24-18/h1-5,9,15-16H,6-8,10-13H2. The summed E-state index contributed by atoms with van der Waals surface area (Å²) in [6.45, 7) is 5.07. The molecule has 2 unspecified atom stereocenters. The predicted octanol–water partition coefficient (Wildman–Crippen LogP) is 2.24. The van der Waals surface area contributed by atoms with Gasteiger partial charge in [-0.25, -0.2) is 0 Å². The number of benzene rings is 1. The van der Waals surface area contributed by atoms with E-state index in [0.717, 1.165) is 37.7 Å². The van der Waals surface area contributed by atoms with Crippen LogP contribution in [0, 0.1) is 5.92 Å². The van der Waals surface area contributed by atoms with Crippen LogP contribution in [0.2, 0.25) is 0 Å². The summed E-state index contributed by atoms with van der Waals surface area (Å²) in [5, 5.41) is 0. The van der Waals surface area contributed by atoms with Crippen molar-refractivity contribution in [2.45, 2.75) is 25.4 Å². The SMILES string of the molecule is O=c1cccc2n1CC1CC2CN(Cc2ccc3c(c2)OCCO3)C1. The van der Waals surface area contributed by atoms with Gasteiger partial charge in [-0.05, 0) is 36.1 Å². The zero-order chi connectivity index (χ0) is 16.8. The highest BCUT2D eigenvalue weighted by Crippen LogP contribution is 2.36. The molecule has 0 aliphatic carbocycles. The summed E-state index contributed by atoms with van der Waals surface area (Å²) in [5.41, 5.74) is 2.61. The molecule has 25 heavy (non-hydrogen) atoms. The number of piperidine rings is 1. The van der Waals surface area contributed by atoms with Crippen LogP contribution >= 0.6 is 0 Å². The van der Waals surface area contributed by atoms with Crippen molar-refractivity contribution in [2.75, 3.05) is 26.3 Å². The fourth-order valence-electron chi connectivity index (χ4n) is 4.57. The van der Waals surface area contributed by atoms with E-state index in [4.69, 9.17) is 9.47 Å². The summed E-state index contributed by atoms with van der Waals surface area (Å²) >= 11 is 0. The van der Waals surface area contributed by atoms with Crippen LogP contribution in [0.15, 0.2) is 41.2 Å². The van der Waals surface area contributed by atoms with E-state index in [9.17, 15) is 4.79 Å². The monoisotopic (exact) mass is 338 g/mol. The number of aromatic nitrogens is 1. The van der Waals surface area contributed by atoms with Crippen molar-refractivity contribution in [3.05, 3.63) is 58.0 Å². The molecule has 1 aromatic carbocycles. The van der Waals surface area contributed by atoms with Gasteiger partial charge in [0.2, 0.25) is 0 Å². The minimum Gasteiger partial charge on any atom is -0.486 e. The van der Waals surface area contributed by atoms with Crippen molar-refractivity contribution >= 4 is 0 Å². The topological polar surface area (TPSA) is 43.7 Å². The molecule has 5 heteroatoms. The molecule has 0 amide bonds. The van der Waals surface area contributed by atoms with Gasteiger partial charge in [-0.2, -0.15) is 0 Å². The van der Waals surface area contributed by atoms with Gasteiger partial charge in [-0.15, -0.1) is 0 Å². The number of nitrogens with zero attached hydrogens (tertiary/aromatic N) is 2. The summed E-state index contributed by atoms with van der Waals surface area (Å²) in [5.74, 6) is 2.72. The number of likely N-dealkylation sites (tertiary alicyclic amines) is 1. The van der Waals surface area contributed by atoms with Crippen molar-refractivity contribution in [2.24, 2.45) is 5.92 Å². The van der Waals surface area contributed by atoms with E-state index in [1.165, 1.54) is 17.7 Å². The summed E-state index contributed by atoms with van der Waals surface area (Å²) in [6, 6.07) is 12.0. The maximum absolute atomic E-state index is 12.1. The Morgan fingerprint density at radius 2 is 1.88 bits per heavy atom. The molecule has 3 aliphatic rings. The lowest BCUT2D eigenvalue weighted by Crippen LogP contribution is -2.46. The third-order valence-electron chi connectivity index (χ3n) is 5.57. The molecule has 5 nitrogen and oxygen atoms in total. The van der Waals surface area contributed by atoms with Crippen molar-refractivity contribution < 1.29 is 9.47 Å². The summed E-state index contributed by atoms with van der Waals surface area (Å²) < 4.78 is 13.3. The molecule has 2 atom stereocenters. The van der Waals surface area contributed by atoms with Gasteiger partial charge >= 0.3 is 0 Å². The molecule has 0 spiro atoms. The van der Waals surface area contributed by atoms with Crippen molar-refractivity contribution in [3.8, 4) is 11.5 Å². The summed E-state index contributed by atoms with van der Waals surface area (Å²) in [7, 11) is 0. The Labute approximate surface area is 146 Å². The van der Waals surface area contributed by atoms with Crippen LogP contribution in [0.4, 0.5) is 0 Å². The van der Waals surface area contributed by atoms with Gasteiger partial charge in [-0.1, -0.05) is 12.1 Å².